The second kappa shape index (κ2) is 6.49. The van der Waals surface area contributed by atoms with E-state index >= 15 is 0 Å². The van der Waals surface area contributed by atoms with Gasteiger partial charge >= 0.3 is 12.1 Å². The highest BCUT2D eigenvalue weighted by molar-refractivity contribution is 5.92. The molecule has 1 aromatic heterocycles. The number of pyridine rings is 1. The Morgan fingerprint density at radius 3 is 2.37 bits per heavy atom. The standard InChI is InChI=1S/C18H10F5NO3/c19-12-6-5-10(18(21,22)23)7-9(12)8-24-13-4-2-1-3-11(13)15(25)14(16(24)20)17(26)27/h1-7H,8H2,(H,26,27). The number of halogens is 5. The third-order valence-electron chi connectivity index (χ3n) is 4.03. The number of benzene rings is 2. The van der Waals surface area contributed by atoms with Crippen molar-refractivity contribution in [1.82, 2.24) is 4.57 Å². The summed E-state index contributed by atoms with van der Waals surface area (Å²) in [5.41, 5.74) is -3.95. The van der Waals surface area contributed by atoms with Crippen LogP contribution >= 0.6 is 0 Å². The molecular formula is C18H10F5NO3. The van der Waals surface area contributed by atoms with Gasteiger partial charge in [0.25, 0.3) is 0 Å². The van der Waals surface area contributed by atoms with Crippen LogP contribution in [0.15, 0.2) is 47.3 Å². The van der Waals surface area contributed by atoms with Crippen molar-refractivity contribution < 1.29 is 31.9 Å². The molecule has 0 saturated carbocycles. The quantitative estimate of drug-likeness (QED) is 0.549. The van der Waals surface area contributed by atoms with E-state index in [9.17, 15) is 31.5 Å². The number of aromatic carboxylic acids is 1. The molecule has 0 amide bonds. The number of fused-ring (bicyclic) bond motifs is 1. The summed E-state index contributed by atoms with van der Waals surface area (Å²) in [5, 5.41) is 8.98. The Bertz CT molecular complexity index is 1120. The first-order valence-corrected chi connectivity index (χ1v) is 7.51. The number of alkyl halides is 3. The van der Waals surface area contributed by atoms with E-state index in [1.54, 1.807) is 0 Å². The van der Waals surface area contributed by atoms with Gasteiger partial charge in [-0.3, -0.25) is 4.79 Å². The van der Waals surface area contributed by atoms with Crippen molar-refractivity contribution in [2.24, 2.45) is 0 Å². The highest BCUT2D eigenvalue weighted by atomic mass is 19.4. The molecule has 140 valence electrons. The average molecular weight is 383 g/mol. The van der Waals surface area contributed by atoms with E-state index in [-0.39, 0.29) is 10.9 Å². The van der Waals surface area contributed by atoms with E-state index in [1.165, 1.54) is 24.3 Å². The van der Waals surface area contributed by atoms with Gasteiger partial charge in [-0.25, -0.2) is 9.18 Å². The molecule has 2 aromatic carbocycles. The zero-order valence-corrected chi connectivity index (χ0v) is 13.3. The maximum Gasteiger partial charge on any atom is 0.416 e. The second-order valence-electron chi connectivity index (χ2n) is 5.71. The van der Waals surface area contributed by atoms with Gasteiger partial charge in [-0.1, -0.05) is 12.1 Å². The number of hydrogen-bond donors (Lipinski definition) is 1. The van der Waals surface area contributed by atoms with Gasteiger partial charge in [0.05, 0.1) is 17.6 Å². The summed E-state index contributed by atoms with van der Waals surface area (Å²) in [5.74, 6) is -4.33. The number of hydrogen-bond acceptors (Lipinski definition) is 2. The number of aromatic nitrogens is 1. The lowest BCUT2D eigenvalue weighted by molar-refractivity contribution is -0.137. The zero-order chi connectivity index (χ0) is 19.9. The average Bonchev–Trinajstić information content (AvgIpc) is 2.59. The summed E-state index contributed by atoms with van der Waals surface area (Å²) in [4.78, 5) is 23.5. The summed E-state index contributed by atoms with van der Waals surface area (Å²) in [6.45, 7) is -0.733. The molecule has 0 aliphatic carbocycles. The minimum atomic E-state index is -4.74. The molecule has 0 fully saturated rings. The van der Waals surface area contributed by atoms with Crippen LogP contribution in [-0.4, -0.2) is 15.6 Å². The fourth-order valence-corrected chi connectivity index (χ4v) is 2.75. The fourth-order valence-electron chi connectivity index (χ4n) is 2.75. The Hall–Kier alpha value is -3.23. The summed E-state index contributed by atoms with van der Waals surface area (Å²) in [6, 6.07) is 7.05. The van der Waals surface area contributed by atoms with Gasteiger partial charge in [0.15, 0.2) is 5.56 Å². The predicted octanol–water partition coefficient (Wildman–Crippen LogP) is 4.05. The lowest BCUT2D eigenvalue weighted by Crippen LogP contribution is -2.24. The van der Waals surface area contributed by atoms with E-state index in [2.05, 4.69) is 0 Å². The maximum atomic E-state index is 14.7. The molecule has 4 nitrogen and oxygen atoms in total. The normalized spacial score (nSPS) is 11.7. The monoisotopic (exact) mass is 383 g/mol. The number of carbonyl (C=O) groups is 1. The number of carboxylic acid groups (broad SMARTS) is 1. The maximum absolute atomic E-state index is 14.7. The molecule has 1 heterocycles. The van der Waals surface area contributed by atoms with Crippen molar-refractivity contribution in [2.45, 2.75) is 12.7 Å². The van der Waals surface area contributed by atoms with Gasteiger partial charge in [-0.05, 0) is 30.3 Å². The lowest BCUT2D eigenvalue weighted by atomic mass is 10.1. The van der Waals surface area contributed by atoms with Crippen LogP contribution in [0.4, 0.5) is 22.0 Å². The van der Waals surface area contributed by atoms with Crippen molar-refractivity contribution in [3.8, 4) is 0 Å². The van der Waals surface area contributed by atoms with Crippen molar-refractivity contribution in [3.05, 3.63) is 81.1 Å². The number of para-hydroxylation sites is 1. The molecule has 0 aliphatic rings. The first-order chi connectivity index (χ1) is 12.6. The lowest BCUT2D eigenvalue weighted by Gasteiger charge is -2.16. The minimum absolute atomic E-state index is 0.0678. The second-order valence-corrected chi connectivity index (χ2v) is 5.71. The van der Waals surface area contributed by atoms with Gasteiger partial charge < -0.3 is 9.67 Å². The van der Waals surface area contributed by atoms with Crippen LogP contribution in [0.3, 0.4) is 0 Å². The Kier molecular flexibility index (Phi) is 4.46. The van der Waals surface area contributed by atoms with Gasteiger partial charge in [-0.2, -0.15) is 17.6 Å². The summed E-state index contributed by atoms with van der Waals surface area (Å²) in [7, 11) is 0. The Labute approximate surface area is 148 Å². The van der Waals surface area contributed by atoms with E-state index in [1.807, 2.05) is 0 Å². The third-order valence-corrected chi connectivity index (χ3v) is 4.03. The molecule has 3 aromatic rings. The molecule has 27 heavy (non-hydrogen) atoms. The highest BCUT2D eigenvalue weighted by Crippen LogP contribution is 2.31. The molecule has 0 unspecified atom stereocenters. The summed E-state index contributed by atoms with van der Waals surface area (Å²) < 4.78 is 68.0. The third kappa shape index (κ3) is 3.27. The molecule has 3 rings (SSSR count). The first kappa shape index (κ1) is 18.6. The Morgan fingerprint density at radius 2 is 1.74 bits per heavy atom. The molecule has 9 heteroatoms. The van der Waals surface area contributed by atoms with Crippen molar-refractivity contribution >= 4 is 16.9 Å². The van der Waals surface area contributed by atoms with Crippen LogP contribution in [0, 0.1) is 11.8 Å². The molecular weight excluding hydrogens is 373 g/mol. The number of rotatable bonds is 3. The van der Waals surface area contributed by atoms with Crippen LogP contribution in [0.5, 0.6) is 0 Å². The van der Waals surface area contributed by atoms with Crippen LogP contribution in [-0.2, 0) is 12.7 Å². The largest absolute Gasteiger partial charge is 0.477 e. The zero-order valence-electron chi connectivity index (χ0n) is 13.3. The van der Waals surface area contributed by atoms with E-state index in [4.69, 9.17) is 5.11 Å². The molecule has 1 N–H and O–H groups in total. The van der Waals surface area contributed by atoms with Crippen LogP contribution in [0.1, 0.15) is 21.5 Å². The van der Waals surface area contributed by atoms with E-state index in [0.29, 0.717) is 22.8 Å². The molecule has 0 saturated heterocycles. The topological polar surface area (TPSA) is 59.3 Å². The molecule has 0 spiro atoms. The van der Waals surface area contributed by atoms with E-state index < -0.39 is 52.6 Å². The summed E-state index contributed by atoms with van der Waals surface area (Å²) >= 11 is 0. The first-order valence-electron chi connectivity index (χ1n) is 7.51. The van der Waals surface area contributed by atoms with Crippen molar-refractivity contribution in [2.75, 3.05) is 0 Å². The van der Waals surface area contributed by atoms with Gasteiger partial charge in [0, 0.05) is 10.9 Å². The van der Waals surface area contributed by atoms with Crippen molar-refractivity contribution in [3.63, 3.8) is 0 Å². The van der Waals surface area contributed by atoms with Crippen molar-refractivity contribution in [1.29, 1.82) is 0 Å². The van der Waals surface area contributed by atoms with Crippen LogP contribution in [0.2, 0.25) is 0 Å². The van der Waals surface area contributed by atoms with Gasteiger partial charge in [0.1, 0.15) is 5.82 Å². The SMILES string of the molecule is O=C(O)c1c(F)n(Cc2cc(C(F)(F)F)ccc2F)c2ccccc2c1=O. The highest BCUT2D eigenvalue weighted by Gasteiger charge is 2.31. The molecule has 0 aliphatic heterocycles. The van der Waals surface area contributed by atoms with Crippen LogP contribution in [0.25, 0.3) is 10.9 Å². The number of nitrogens with zero attached hydrogens (tertiary/aromatic N) is 1. The smallest absolute Gasteiger partial charge is 0.416 e. The molecule has 0 radical (unpaired) electrons. The van der Waals surface area contributed by atoms with Crippen LogP contribution < -0.4 is 5.43 Å². The Balaban J connectivity index is 2.27. The Morgan fingerprint density at radius 1 is 1.07 bits per heavy atom. The summed E-state index contributed by atoms with van der Waals surface area (Å²) in [6.07, 6.45) is -4.74. The minimum Gasteiger partial charge on any atom is -0.477 e. The fraction of sp³-hybridized carbons (Fsp3) is 0.111. The van der Waals surface area contributed by atoms with Gasteiger partial charge in [0.2, 0.25) is 11.4 Å². The van der Waals surface area contributed by atoms with E-state index in [0.717, 1.165) is 0 Å². The molecule has 0 bridgehead atoms. The number of carboxylic acids is 1. The predicted molar refractivity (Wildman–Crippen MR) is 85.6 cm³/mol. The van der Waals surface area contributed by atoms with Gasteiger partial charge in [-0.15, -0.1) is 0 Å². The molecule has 0 atom stereocenters.